The minimum atomic E-state index is 0.00829. The summed E-state index contributed by atoms with van der Waals surface area (Å²) in [5.74, 6) is 1.10. The van der Waals surface area contributed by atoms with Gasteiger partial charge in [-0.25, -0.2) is 0 Å². The summed E-state index contributed by atoms with van der Waals surface area (Å²) < 4.78 is 5.68. The number of benzene rings is 1. The van der Waals surface area contributed by atoms with E-state index in [0.29, 0.717) is 6.10 Å². The summed E-state index contributed by atoms with van der Waals surface area (Å²) in [4.78, 5) is 12.2. The predicted octanol–water partition coefficient (Wildman–Crippen LogP) is 2.55. The fourth-order valence-corrected chi connectivity index (χ4v) is 2.35. The van der Waals surface area contributed by atoms with Crippen molar-refractivity contribution < 1.29 is 9.53 Å². The second kappa shape index (κ2) is 5.11. The van der Waals surface area contributed by atoms with Gasteiger partial charge in [0.05, 0.1) is 12.1 Å². The van der Waals surface area contributed by atoms with Crippen LogP contribution in [0, 0.1) is 0 Å². The van der Waals surface area contributed by atoms with Crippen molar-refractivity contribution >= 4 is 5.78 Å². The largest absolute Gasteiger partial charge is 0.490 e. The van der Waals surface area contributed by atoms with E-state index in [2.05, 4.69) is 5.32 Å². The maximum atomic E-state index is 12.2. The van der Waals surface area contributed by atoms with Crippen LogP contribution in [0.15, 0.2) is 24.3 Å². The Bertz CT molecular complexity index is 417. The average Bonchev–Trinajstić information content (AvgIpc) is 3.24. The number of carbonyl (C=O) groups is 1. The lowest BCUT2D eigenvalue weighted by atomic mass is 9.96. The molecule has 0 amide bonds. The smallest absolute Gasteiger partial charge is 0.179 e. The van der Waals surface area contributed by atoms with Gasteiger partial charge in [-0.2, -0.15) is 0 Å². The summed E-state index contributed by atoms with van der Waals surface area (Å²) in [7, 11) is 0. The van der Waals surface area contributed by atoms with Gasteiger partial charge in [0.2, 0.25) is 0 Å². The Kier molecular flexibility index (Phi) is 3.33. The van der Waals surface area contributed by atoms with Crippen LogP contribution in [0.2, 0.25) is 0 Å². The molecule has 1 N–H and O–H groups in total. The van der Waals surface area contributed by atoms with E-state index < -0.39 is 0 Å². The third-order valence-electron chi connectivity index (χ3n) is 3.59. The molecular weight excluding hydrogens is 226 g/mol. The van der Waals surface area contributed by atoms with Crippen molar-refractivity contribution in [2.75, 3.05) is 6.54 Å². The molecule has 2 fully saturated rings. The second-order valence-electron chi connectivity index (χ2n) is 5.21. The number of hydrogen-bond acceptors (Lipinski definition) is 3. The van der Waals surface area contributed by atoms with E-state index in [9.17, 15) is 4.79 Å². The molecule has 96 valence electrons. The number of carbonyl (C=O) groups excluding carboxylic acids is 1. The molecule has 0 spiro atoms. The molecule has 3 rings (SSSR count). The van der Waals surface area contributed by atoms with Crippen LogP contribution >= 0.6 is 0 Å². The standard InChI is InChI=1S/C15H19NO2/c17-15(14-3-1-2-10-16-14)11-4-6-12(7-5-11)18-13-8-9-13/h4-7,13-14,16H,1-3,8-10H2. The van der Waals surface area contributed by atoms with Gasteiger partial charge in [-0.3, -0.25) is 4.79 Å². The number of ether oxygens (including phenoxy) is 1. The molecule has 2 aliphatic rings. The minimum absolute atomic E-state index is 0.00829. The number of Topliss-reactive ketones (excluding diaryl/α,β-unsaturated/α-hetero) is 1. The van der Waals surface area contributed by atoms with Crippen LogP contribution in [0.3, 0.4) is 0 Å². The topological polar surface area (TPSA) is 38.3 Å². The molecule has 1 atom stereocenters. The summed E-state index contributed by atoms with van der Waals surface area (Å²) in [6.07, 6.45) is 6.01. The monoisotopic (exact) mass is 245 g/mol. The number of nitrogens with one attached hydrogen (secondary N) is 1. The average molecular weight is 245 g/mol. The molecule has 18 heavy (non-hydrogen) atoms. The molecule has 3 nitrogen and oxygen atoms in total. The summed E-state index contributed by atoms with van der Waals surface area (Å²) in [5, 5.41) is 3.29. The summed E-state index contributed by atoms with van der Waals surface area (Å²) in [6, 6.07) is 7.60. The molecule has 0 radical (unpaired) electrons. The van der Waals surface area contributed by atoms with Crippen LogP contribution in [0.1, 0.15) is 42.5 Å². The van der Waals surface area contributed by atoms with Crippen LogP contribution in [-0.2, 0) is 0 Å². The SMILES string of the molecule is O=C(c1ccc(OC2CC2)cc1)C1CCCCN1. The van der Waals surface area contributed by atoms with Crippen molar-refractivity contribution in [2.45, 2.75) is 44.2 Å². The first-order chi connectivity index (χ1) is 8.83. The molecule has 1 aromatic carbocycles. The Morgan fingerprint density at radius 2 is 1.89 bits per heavy atom. The minimum Gasteiger partial charge on any atom is -0.490 e. The zero-order valence-corrected chi connectivity index (χ0v) is 10.5. The predicted molar refractivity (Wildman–Crippen MR) is 70.1 cm³/mol. The number of rotatable bonds is 4. The van der Waals surface area contributed by atoms with Gasteiger partial charge >= 0.3 is 0 Å². The molecule has 1 aromatic rings. The first kappa shape index (κ1) is 11.7. The molecule has 1 saturated carbocycles. The molecule has 1 aliphatic carbocycles. The fourth-order valence-electron chi connectivity index (χ4n) is 2.35. The lowest BCUT2D eigenvalue weighted by molar-refractivity contribution is 0.0927. The summed E-state index contributed by atoms with van der Waals surface area (Å²) in [5.41, 5.74) is 0.789. The van der Waals surface area contributed by atoms with Gasteiger partial charge in [0.1, 0.15) is 5.75 Å². The fraction of sp³-hybridized carbons (Fsp3) is 0.533. The Morgan fingerprint density at radius 1 is 1.11 bits per heavy atom. The van der Waals surface area contributed by atoms with Crippen molar-refractivity contribution in [3.63, 3.8) is 0 Å². The zero-order chi connectivity index (χ0) is 12.4. The van der Waals surface area contributed by atoms with Crippen LogP contribution in [-0.4, -0.2) is 24.5 Å². The van der Waals surface area contributed by atoms with E-state index in [1.165, 1.54) is 6.42 Å². The summed E-state index contributed by atoms with van der Waals surface area (Å²) in [6.45, 7) is 0.958. The normalized spacial score (nSPS) is 23.7. The quantitative estimate of drug-likeness (QED) is 0.828. The van der Waals surface area contributed by atoms with Gasteiger partial charge in [0.25, 0.3) is 0 Å². The van der Waals surface area contributed by atoms with Gasteiger partial charge in [-0.15, -0.1) is 0 Å². The Morgan fingerprint density at radius 3 is 2.50 bits per heavy atom. The highest BCUT2D eigenvalue weighted by atomic mass is 16.5. The number of piperidine rings is 1. The van der Waals surface area contributed by atoms with E-state index in [1.54, 1.807) is 0 Å². The Balaban J connectivity index is 1.65. The van der Waals surface area contributed by atoms with Crippen LogP contribution < -0.4 is 10.1 Å². The van der Waals surface area contributed by atoms with Gasteiger partial charge in [-0.05, 0) is 56.5 Å². The van der Waals surface area contributed by atoms with E-state index in [1.807, 2.05) is 24.3 Å². The number of hydrogen-bond donors (Lipinski definition) is 1. The Hall–Kier alpha value is -1.35. The third kappa shape index (κ3) is 2.72. The maximum absolute atomic E-state index is 12.2. The highest BCUT2D eigenvalue weighted by molar-refractivity contribution is 6.00. The molecule has 3 heteroatoms. The zero-order valence-electron chi connectivity index (χ0n) is 10.5. The van der Waals surface area contributed by atoms with Crippen molar-refractivity contribution in [3.05, 3.63) is 29.8 Å². The van der Waals surface area contributed by atoms with Gasteiger partial charge in [0, 0.05) is 5.56 Å². The van der Waals surface area contributed by atoms with E-state index in [0.717, 1.165) is 43.5 Å². The van der Waals surface area contributed by atoms with Gasteiger partial charge in [-0.1, -0.05) is 6.42 Å². The van der Waals surface area contributed by atoms with Gasteiger partial charge in [0.15, 0.2) is 5.78 Å². The lowest BCUT2D eigenvalue weighted by Crippen LogP contribution is -2.40. The van der Waals surface area contributed by atoms with Gasteiger partial charge < -0.3 is 10.1 Å². The number of ketones is 1. The van der Waals surface area contributed by atoms with Crippen LogP contribution in [0.4, 0.5) is 0 Å². The first-order valence-corrected chi connectivity index (χ1v) is 6.87. The molecule has 1 heterocycles. The Labute approximate surface area is 108 Å². The maximum Gasteiger partial charge on any atom is 0.179 e. The van der Waals surface area contributed by atoms with E-state index in [-0.39, 0.29) is 11.8 Å². The van der Waals surface area contributed by atoms with Crippen molar-refractivity contribution in [1.29, 1.82) is 0 Å². The summed E-state index contributed by atoms with van der Waals surface area (Å²) >= 11 is 0. The van der Waals surface area contributed by atoms with Crippen molar-refractivity contribution in [1.82, 2.24) is 5.32 Å². The first-order valence-electron chi connectivity index (χ1n) is 6.87. The highest BCUT2D eigenvalue weighted by Crippen LogP contribution is 2.27. The van der Waals surface area contributed by atoms with Crippen LogP contribution in [0.5, 0.6) is 5.75 Å². The van der Waals surface area contributed by atoms with E-state index >= 15 is 0 Å². The molecule has 1 saturated heterocycles. The second-order valence-corrected chi connectivity index (χ2v) is 5.21. The van der Waals surface area contributed by atoms with Crippen LogP contribution in [0.25, 0.3) is 0 Å². The molecule has 1 unspecified atom stereocenters. The molecule has 0 bridgehead atoms. The van der Waals surface area contributed by atoms with Crippen molar-refractivity contribution in [2.24, 2.45) is 0 Å². The lowest BCUT2D eigenvalue weighted by Gasteiger charge is -2.22. The third-order valence-corrected chi connectivity index (χ3v) is 3.59. The molecule has 0 aromatic heterocycles. The highest BCUT2D eigenvalue weighted by Gasteiger charge is 2.24. The molecule has 1 aliphatic heterocycles. The van der Waals surface area contributed by atoms with Crippen molar-refractivity contribution in [3.8, 4) is 5.75 Å². The molecular formula is C15H19NO2. The van der Waals surface area contributed by atoms with E-state index in [4.69, 9.17) is 4.74 Å².